The third-order valence-corrected chi connectivity index (χ3v) is 3.30. The van der Waals surface area contributed by atoms with Crippen molar-refractivity contribution in [2.75, 3.05) is 5.32 Å². The van der Waals surface area contributed by atoms with Crippen molar-refractivity contribution in [3.8, 4) is 0 Å². The number of hydrogen-bond donors (Lipinski definition) is 2. The summed E-state index contributed by atoms with van der Waals surface area (Å²) in [4.78, 5) is 11.6. The van der Waals surface area contributed by atoms with Crippen LogP contribution in [0.5, 0.6) is 0 Å². The quantitative estimate of drug-likeness (QED) is 0.625. The highest BCUT2D eigenvalue weighted by molar-refractivity contribution is 7.80. The van der Waals surface area contributed by atoms with Crippen LogP contribution in [0.3, 0.4) is 0 Å². The molecule has 0 bridgehead atoms. The average Bonchev–Trinajstić information content (AvgIpc) is 2.34. The summed E-state index contributed by atoms with van der Waals surface area (Å²) in [5.74, 6) is -0.103. The Bertz CT molecular complexity index is 446. The van der Waals surface area contributed by atoms with Crippen LogP contribution in [0, 0.1) is 0 Å². The number of thiocarbonyl (C=S) groups is 1. The van der Waals surface area contributed by atoms with E-state index >= 15 is 0 Å². The lowest BCUT2D eigenvalue weighted by molar-refractivity contribution is -0.119. The van der Waals surface area contributed by atoms with E-state index < -0.39 is 0 Å². The van der Waals surface area contributed by atoms with Crippen LogP contribution in [0.4, 0.5) is 5.69 Å². The Morgan fingerprint density at radius 1 is 1.26 bits per heavy atom. The second-order valence-electron chi connectivity index (χ2n) is 4.06. The summed E-state index contributed by atoms with van der Waals surface area (Å²) in [6, 6.07) is 5.13. The molecule has 0 atom stereocenters. The van der Waals surface area contributed by atoms with Crippen LogP contribution in [-0.2, 0) is 4.79 Å². The number of carbonyl (C=O) groups excluding carboxylic acids is 1. The summed E-state index contributed by atoms with van der Waals surface area (Å²) in [6.45, 7) is 2.09. The smallest absolute Gasteiger partial charge is 0.226 e. The molecule has 1 aromatic rings. The Hall–Kier alpha value is -0.840. The van der Waals surface area contributed by atoms with Crippen molar-refractivity contribution < 1.29 is 4.79 Å². The van der Waals surface area contributed by atoms with Gasteiger partial charge in [0.25, 0.3) is 0 Å². The van der Waals surface area contributed by atoms with Crippen molar-refractivity contribution in [3.63, 3.8) is 0 Å². The van der Waals surface area contributed by atoms with E-state index in [-0.39, 0.29) is 11.0 Å². The first-order valence-corrected chi connectivity index (χ1v) is 7.26. The van der Waals surface area contributed by atoms with Gasteiger partial charge in [-0.25, -0.2) is 0 Å². The second-order valence-corrected chi connectivity index (χ2v) is 5.28. The monoisotopic (exact) mass is 318 g/mol. The Balaban J connectivity index is 2.49. The SMILES string of the molecule is CCCCCC(=O)NC(=S)Nc1c(Cl)cccc1Cl. The van der Waals surface area contributed by atoms with Gasteiger partial charge >= 0.3 is 0 Å². The summed E-state index contributed by atoms with van der Waals surface area (Å²) in [7, 11) is 0. The summed E-state index contributed by atoms with van der Waals surface area (Å²) in [5, 5.41) is 6.55. The number of halogens is 2. The van der Waals surface area contributed by atoms with E-state index in [1.54, 1.807) is 18.2 Å². The molecule has 0 aromatic heterocycles. The van der Waals surface area contributed by atoms with E-state index in [0.29, 0.717) is 22.2 Å². The van der Waals surface area contributed by atoms with E-state index in [4.69, 9.17) is 35.4 Å². The van der Waals surface area contributed by atoms with Gasteiger partial charge < -0.3 is 10.6 Å². The molecule has 0 unspecified atom stereocenters. The molecule has 0 saturated heterocycles. The van der Waals surface area contributed by atoms with Crippen LogP contribution in [-0.4, -0.2) is 11.0 Å². The lowest BCUT2D eigenvalue weighted by atomic mass is 10.2. The van der Waals surface area contributed by atoms with E-state index in [2.05, 4.69) is 17.6 Å². The molecule has 19 heavy (non-hydrogen) atoms. The van der Waals surface area contributed by atoms with Gasteiger partial charge in [-0.15, -0.1) is 0 Å². The predicted octanol–water partition coefficient (Wildman–Crippen LogP) is 4.39. The molecule has 104 valence electrons. The molecule has 0 spiro atoms. The number of carbonyl (C=O) groups is 1. The van der Waals surface area contributed by atoms with Gasteiger partial charge in [0.2, 0.25) is 5.91 Å². The van der Waals surface area contributed by atoms with Gasteiger partial charge in [-0.2, -0.15) is 0 Å². The highest BCUT2D eigenvalue weighted by Gasteiger charge is 2.09. The maximum absolute atomic E-state index is 11.6. The predicted molar refractivity (Wildman–Crippen MR) is 85.0 cm³/mol. The van der Waals surface area contributed by atoms with Crippen molar-refractivity contribution in [2.24, 2.45) is 0 Å². The van der Waals surface area contributed by atoms with Gasteiger partial charge in [0.05, 0.1) is 15.7 Å². The van der Waals surface area contributed by atoms with Crippen LogP contribution in [0.25, 0.3) is 0 Å². The molecular formula is C13H16Cl2N2OS. The largest absolute Gasteiger partial charge is 0.330 e. The van der Waals surface area contributed by atoms with Gasteiger partial charge in [0.1, 0.15) is 0 Å². The van der Waals surface area contributed by atoms with Gasteiger partial charge in [-0.1, -0.05) is 49.0 Å². The third kappa shape index (κ3) is 5.76. The molecule has 0 fully saturated rings. The molecule has 0 saturated carbocycles. The molecule has 2 N–H and O–H groups in total. The molecule has 0 aliphatic heterocycles. The minimum absolute atomic E-state index is 0.103. The Morgan fingerprint density at radius 2 is 1.89 bits per heavy atom. The van der Waals surface area contributed by atoms with Crippen molar-refractivity contribution in [3.05, 3.63) is 28.2 Å². The molecule has 0 aliphatic carbocycles. The summed E-state index contributed by atoms with van der Waals surface area (Å²) in [5.41, 5.74) is 0.504. The number of para-hydroxylation sites is 1. The molecular weight excluding hydrogens is 303 g/mol. The number of nitrogens with one attached hydrogen (secondary N) is 2. The topological polar surface area (TPSA) is 41.1 Å². The van der Waals surface area contributed by atoms with Gasteiger partial charge in [-0.05, 0) is 30.8 Å². The summed E-state index contributed by atoms with van der Waals surface area (Å²) < 4.78 is 0. The number of rotatable bonds is 5. The standard InChI is InChI=1S/C13H16Cl2N2OS/c1-2-3-4-8-11(18)16-13(19)17-12-9(14)6-5-7-10(12)15/h5-7H,2-4,8H2,1H3,(H2,16,17,18,19). The first-order chi connectivity index (χ1) is 9.04. The minimum Gasteiger partial charge on any atom is -0.330 e. The van der Waals surface area contributed by atoms with Crippen molar-refractivity contribution in [2.45, 2.75) is 32.6 Å². The second kappa shape index (κ2) is 8.35. The Kier molecular flexibility index (Phi) is 7.13. The molecule has 0 heterocycles. The number of anilines is 1. The van der Waals surface area contributed by atoms with Crippen molar-refractivity contribution >= 4 is 52.1 Å². The molecule has 1 aromatic carbocycles. The Labute approximate surface area is 128 Å². The summed E-state index contributed by atoms with van der Waals surface area (Å²) in [6.07, 6.45) is 3.43. The first kappa shape index (κ1) is 16.2. The molecule has 0 aliphatic rings. The van der Waals surface area contributed by atoms with Crippen LogP contribution in [0.1, 0.15) is 32.6 Å². The van der Waals surface area contributed by atoms with Crippen molar-refractivity contribution in [1.29, 1.82) is 0 Å². The molecule has 0 radical (unpaired) electrons. The van der Waals surface area contributed by atoms with Crippen LogP contribution >= 0.6 is 35.4 Å². The normalized spacial score (nSPS) is 10.1. The molecule has 6 heteroatoms. The lowest BCUT2D eigenvalue weighted by Gasteiger charge is -2.12. The molecule has 3 nitrogen and oxygen atoms in total. The fraction of sp³-hybridized carbons (Fsp3) is 0.385. The Morgan fingerprint density at radius 3 is 2.47 bits per heavy atom. The van der Waals surface area contributed by atoms with Gasteiger partial charge in [-0.3, -0.25) is 4.79 Å². The molecule has 1 amide bonds. The highest BCUT2D eigenvalue weighted by atomic mass is 35.5. The zero-order chi connectivity index (χ0) is 14.3. The number of amides is 1. The maximum atomic E-state index is 11.6. The first-order valence-electron chi connectivity index (χ1n) is 6.09. The number of hydrogen-bond acceptors (Lipinski definition) is 2. The molecule has 1 rings (SSSR count). The third-order valence-electron chi connectivity index (χ3n) is 2.46. The van der Waals surface area contributed by atoms with Crippen LogP contribution in [0.2, 0.25) is 10.0 Å². The van der Waals surface area contributed by atoms with Gasteiger partial charge in [0.15, 0.2) is 5.11 Å². The fourth-order valence-electron chi connectivity index (χ4n) is 1.49. The fourth-order valence-corrected chi connectivity index (χ4v) is 2.19. The number of unbranched alkanes of at least 4 members (excludes halogenated alkanes) is 2. The highest BCUT2D eigenvalue weighted by Crippen LogP contribution is 2.29. The summed E-state index contributed by atoms with van der Waals surface area (Å²) >= 11 is 17.0. The van der Waals surface area contributed by atoms with E-state index in [0.717, 1.165) is 19.3 Å². The van der Waals surface area contributed by atoms with Crippen molar-refractivity contribution in [1.82, 2.24) is 5.32 Å². The maximum Gasteiger partial charge on any atom is 0.226 e. The lowest BCUT2D eigenvalue weighted by Crippen LogP contribution is -2.34. The van der Waals surface area contributed by atoms with E-state index in [9.17, 15) is 4.79 Å². The van der Waals surface area contributed by atoms with E-state index in [1.165, 1.54) is 0 Å². The average molecular weight is 319 g/mol. The van der Waals surface area contributed by atoms with Crippen LogP contribution in [0.15, 0.2) is 18.2 Å². The zero-order valence-corrected chi connectivity index (χ0v) is 13.0. The zero-order valence-electron chi connectivity index (χ0n) is 10.6. The van der Waals surface area contributed by atoms with Gasteiger partial charge in [0, 0.05) is 6.42 Å². The van der Waals surface area contributed by atoms with Crippen LogP contribution < -0.4 is 10.6 Å². The van der Waals surface area contributed by atoms with E-state index in [1.807, 2.05) is 0 Å². The number of benzene rings is 1. The minimum atomic E-state index is -0.103.